The highest BCUT2D eigenvalue weighted by atomic mass is 35.5. The Morgan fingerprint density at radius 1 is 1.11 bits per heavy atom. The van der Waals surface area contributed by atoms with Crippen LogP contribution in [-0.4, -0.2) is 49.7 Å². The molecule has 3 unspecified atom stereocenters. The van der Waals surface area contributed by atoms with Crippen molar-refractivity contribution in [3.63, 3.8) is 0 Å². The molecule has 6 rings (SSSR count). The van der Waals surface area contributed by atoms with Crippen molar-refractivity contribution in [1.82, 2.24) is 9.62 Å². The van der Waals surface area contributed by atoms with Crippen molar-refractivity contribution in [3.05, 3.63) is 27.2 Å². The summed E-state index contributed by atoms with van der Waals surface area (Å²) in [6, 6.07) is 2.45. The Hall–Kier alpha value is -1.26. The van der Waals surface area contributed by atoms with Gasteiger partial charge in [-0.1, -0.05) is 34.8 Å². The van der Waals surface area contributed by atoms with E-state index >= 15 is 0 Å². The minimum Gasteiger partial charge on any atom is -0.369 e. The Morgan fingerprint density at radius 3 is 2.29 bits per heavy atom. The maximum atomic E-state index is 13.6. The molecule has 1 saturated heterocycles. The van der Waals surface area contributed by atoms with Gasteiger partial charge < -0.3 is 11.1 Å². The number of anilines is 1. The van der Waals surface area contributed by atoms with Crippen LogP contribution in [0.5, 0.6) is 0 Å². The fraction of sp³-hybridized carbons (Fsp3) is 0.652. The number of carbonyl (C=O) groups is 2. The molecule has 1 aromatic carbocycles. The van der Waals surface area contributed by atoms with Crippen LogP contribution in [0, 0.1) is 23.2 Å². The first-order valence-corrected chi connectivity index (χ1v) is 14.5. The Balaban J connectivity index is 1.33. The number of primary amides is 1. The summed E-state index contributed by atoms with van der Waals surface area (Å²) in [5, 5.41) is 3.68. The number of amides is 2. The second-order valence-electron chi connectivity index (χ2n) is 10.7. The van der Waals surface area contributed by atoms with E-state index in [1.165, 1.54) is 16.4 Å². The summed E-state index contributed by atoms with van der Waals surface area (Å²) in [4.78, 5) is 25.4. The smallest absolute Gasteiger partial charge is 0.304 e. The van der Waals surface area contributed by atoms with E-state index in [9.17, 15) is 18.0 Å². The summed E-state index contributed by atoms with van der Waals surface area (Å²) < 4.78 is 29.5. The van der Waals surface area contributed by atoms with Crippen LogP contribution in [0.1, 0.15) is 45.4 Å². The van der Waals surface area contributed by atoms with Gasteiger partial charge in [0.2, 0.25) is 11.8 Å². The molecule has 1 aliphatic heterocycles. The lowest BCUT2D eigenvalue weighted by Gasteiger charge is -2.58. The highest BCUT2D eigenvalue weighted by Crippen LogP contribution is 2.59. The summed E-state index contributed by atoms with van der Waals surface area (Å²) in [7, 11) is -4.07. The maximum absolute atomic E-state index is 13.6. The molecule has 0 aromatic heterocycles. The lowest BCUT2D eigenvalue weighted by atomic mass is 9.47. The van der Waals surface area contributed by atoms with Crippen LogP contribution in [0.4, 0.5) is 5.69 Å². The third kappa shape index (κ3) is 4.31. The van der Waals surface area contributed by atoms with Crippen LogP contribution in [0.2, 0.25) is 15.1 Å². The Labute approximate surface area is 220 Å². The average Bonchev–Trinajstić information content (AvgIpc) is 2.74. The molecule has 3 atom stereocenters. The van der Waals surface area contributed by atoms with Crippen LogP contribution < -0.4 is 15.4 Å². The SMILES string of the molecule is CC1CCN(c2c(Cl)cc(Cl)cc2Cl)S(=O)(=O)N1CC(=O)N[C@H]1C2CC3CC1C[C@](C(N)=O)(C3)C2. The van der Waals surface area contributed by atoms with E-state index in [0.29, 0.717) is 30.2 Å². The van der Waals surface area contributed by atoms with Crippen LogP contribution in [0.3, 0.4) is 0 Å². The molecule has 4 saturated carbocycles. The molecule has 4 aliphatic carbocycles. The van der Waals surface area contributed by atoms with Crippen LogP contribution in [0.25, 0.3) is 0 Å². The van der Waals surface area contributed by atoms with Crippen molar-refractivity contribution in [3.8, 4) is 0 Å². The van der Waals surface area contributed by atoms with Gasteiger partial charge in [-0.25, -0.2) is 0 Å². The molecule has 0 radical (unpaired) electrons. The first-order valence-electron chi connectivity index (χ1n) is 11.9. The Morgan fingerprint density at radius 2 is 1.71 bits per heavy atom. The van der Waals surface area contributed by atoms with E-state index in [0.717, 1.165) is 23.6 Å². The summed E-state index contributed by atoms with van der Waals surface area (Å²) in [5.41, 5.74) is 5.48. The molecular formula is C23H29Cl3N4O4S. The number of rotatable bonds is 5. The molecular weight excluding hydrogens is 535 g/mol. The van der Waals surface area contributed by atoms with E-state index in [-0.39, 0.29) is 64.6 Å². The summed E-state index contributed by atoms with van der Waals surface area (Å²) in [6.07, 6.45) is 4.68. The predicted molar refractivity (Wildman–Crippen MR) is 136 cm³/mol. The Kier molecular flexibility index (Phi) is 6.49. The van der Waals surface area contributed by atoms with Gasteiger partial charge in [0.1, 0.15) is 0 Å². The number of nitrogens with two attached hydrogens (primary N) is 1. The highest BCUT2D eigenvalue weighted by Gasteiger charge is 2.58. The summed E-state index contributed by atoms with van der Waals surface area (Å²) >= 11 is 18.6. The average molecular weight is 564 g/mol. The van der Waals surface area contributed by atoms with Crippen molar-refractivity contribution in [2.45, 2.75) is 57.5 Å². The third-order valence-corrected chi connectivity index (χ3v) is 11.3. The number of hydrogen-bond donors (Lipinski definition) is 2. The largest absolute Gasteiger partial charge is 0.369 e. The van der Waals surface area contributed by atoms with Gasteiger partial charge >= 0.3 is 10.2 Å². The lowest BCUT2D eigenvalue weighted by molar-refractivity contribution is -0.147. The molecule has 0 spiro atoms. The van der Waals surface area contributed by atoms with Crippen molar-refractivity contribution in [2.24, 2.45) is 28.9 Å². The molecule has 5 fully saturated rings. The van der Waals surface area contributed by atoms with E-state index in [4.69, 9.17) is 40.5 Å². The fourth-order valence-corrected chi connectivity index (χ4v) is 10.1. The molecule has 1 heterocycles. The molecule has 5 aliphatic rings. The molecule has 3 N–H and O–H groups in total. The topological polar surface area (TPSA) is 113 Å². The van der Waals surface area contributed by atoms with Gasteiger partial charge in [0.15, 0.2) is 0 Å². The quantitative estimate of drug-likeness (QED) is 0.570. The van der Waals surface area contributed by atoms with E-state index in [1.807, 2.05) is 0 Å². The van der Waals surface area contributed by atoms with Crippen LogP contribution in [0.15, 0.2) is 12.1 Å². The molecule has 4 bridgehead atoms. The minimum atomic E-state index is -4.07. The highest BCUT2D eigenvalue weighted by molar-refractivity contribution is 7.90. The zero-order valence-electron chi connectivity index (χ0n) is 19.3. The zero-order chi connectivity index (χ0) is 25.3. The van der Waals surface area contributed by atoms with E-state index < -0.39 is 15.6 Å². The van der Waals surface area contributed by atoms with Crippen molar-refractivity contribution in [1.29, 1.82) is 0 Å². The van der Waals surface area contributed by atoms with E-state index in [1.54, 1.807) is 6.92 Å². The Bertz CT molecular complexity index is 1140. The molecule has 35 heavy (non-hydrogen) atoms. The number of carbonyl (C=O) groups excluding carboxylic acids is 2. The molecule has 192 valence electrons. The van der Waals surface area contributed by atoms with Crippen LogP contribution >= 0.6 is 34.8 Å². The molecule has 2 amide bonds. The number of nitrogens with one attached hydrogen (secondary N) is 1. The van der Waals surface area contributed by atoms with Gasteiger partial charge in [-0.15, -0.1) is 0 Å². The van der Waals surface area contributed by atoms with Crippen LogP contribution in [-0.2, 0) is 19.8 Å². The minimum absolute atomic E-state index is 0.0643. The van der Waals surface area contributed by atoms with Gasteiger partial charge in [-0.3, -0.25) is 13.9 Å². The molecule has 1 aromatic rings. The van der Waals surface area contributed by atoms with Gasteiger partial charge in [-0.2, -0.15) is 12.7 Å². The van der Waals surface area contributed by atoms with Crippen molar-refractivity contribution in [2.75, 3.05) is 17.4 Å². The number of benzene rings is 1. The van der Waals surface area contributed by atoms with Gasteiger partial charge in [0.25, 0.3) is 0 Å². The van der Waals surface area contributed by atoms with Gasteiger partial charge in [0.05, 0.1) is 22.3 Å². The van der Waals surface area contributed by atoms with Crippen molar-refractivity contribution < 1.29 is 18.0 Å². The normalized spacial score (nSPS) is 35.8. The van der Waals surface area contributed by atoms with Crippen molar-refractivity contribution >= 4 is 62.5 Å². The first kappa shape index (κ1) is 25.4. The lowest BCUT2D eigenvalue weighted by Crippen LogP contribution is -2.63. The van der Waals surface area contributed by atoms with Gasteiger partial charge in [0, 0.05) is 29.1 Å². The molecule has 12 heteroatoms. The first-order chi connectivity index (χ1) is 16.4. The zero-order valence-corrected chi connectivity index (χ0v) is 22.4. The van der Waals surface area contributed by atoms with Gasteiger partial charge in [-0.05, 0) is 75.3 Å². The number of nitrogens with zero attached hydrogens (tertiary/aromatic N) is 2. The standard InChI is InChI=1S/C23H29Cl3N4O4S/c1-12-2-3-29(21-17(25)6-16(24)7-18(21)26)35(33,34)30(12)11-19(31)28-20-14-4-13-5-15(20)10-23(8-13,9-14)22(27)32/h6-7,12-15,20H,2-5,8-11H2,1H3,(H2,27,32)(H,28,31)/t12?,13?,14?,15?,20-,23-. The summed E-state index contributed by atoms with van der Waals surface area (Å²) in [6.45, 7) is 1.67. The third-order valence-electron chi connectivity index (χ3n) is 8.47. The number of hydrogen-bond acceptors (Lipinski definition) is 4. The monoisotopic (exact) mass is 562 g/mol. The maximum Gasteiger partial charge on any atom is 0.304 e. The second-order valence-corrected chi connectivity index (χ2v) is 13.7. The molecule has 8 nitrogen and oxygen atoms in total. The number of halogens is 3. The summed E-state index contributed by atoms with van der Waals surface area (Å²) in [5.74, 6) is 0.279. The fourth-order valence-electron chi connectivity index (χ4n) is 7.09. The van der Waals surface area contributed by atoms with E-state index in [2.05, 4.69) is 5.32 Å². The predicted octanol–water partition coefficient (Wildman–Crippen LogP) is 3.59. The second kappa shape index (κ2) is 8.94.